The Hall–Kier alpha value is -0.710. The molecular formula is C10H15NO2S. The van der Waals surface area contributed by atoms with E-state index in [-0.39, 0.29) is 12.4 Å². The van der Waals surface area contributed by atoms with Crippen molar-refractivity contribution in [3.05, 3.63) is 22.4 Å². The van der Waals surface area contributed by atoms with Crippen molar-refractivity contribution in [2.45, 2.75) is 6.54 Å². The van der Waals surface area contributed by atoms with Gasteiger partial charge in [-0.2, -0.15) is 11.3 Å². The first kappa shape index (κ1) is 11.4. The lowest BCUT2D eigenvalue weighted by atomic mass is 10.3. The lowest BCUT2D eigenvalue weighted by Crippen LogP contribution is -2.27. The minimum atomic E-state index is 0.116. The molecule has 0 bridgehead atoms. The van der Waals surface area contributed by atoms with Gasteiger partial charge in [0.2, 0.25) is 0 Å². The van der Waals surface area contributed by atoms with Gasteiger partial charge in [0.1, 0.15) is 6.61 Å². The van der Waals surface area contributed by atoms with E-state index in [2.05, 4.69) is 11.4 Å². The van der Waals surface area contributed by atoms with Gasteiger partial charge in [-0.1, -0.05) is 0 Å². The Morgan fingerprint density at radius 3 is 3.00 bits per heavy atom. The molecule has 0 unspecified atom stereocenters. The Kier molecular flexibility index (Phi) is 4.79. The Balaban J connectivity index is 2.29. The lowest BCUT2D eigenvalue weighted by molar-refractivity contribution is -0.123. The van der Waals surface area contributed by atoms with E-state index in [0.29, 0.717) is 6.54 Å². The van der Waals surface area contributed by atoms with Gasteiger partial charge < -0.3 is 4.74 Å². The number of rotatable bonds is 6. The van der Waals surface area contributed by atoms with Crippen LogP contribution >= 0.6 is 11.3 Å². The SMILES string of the molecule is COCC(=O)CN(C)Cc1ccsc1. The molecule has 0 aliphatic heterocycles. The number of ether oxygens (including phenoxy) is 1. The van der Waals surface area contributed by atoms with E-state index < -0.39 is 0 Å². The van der Waals surface area contributed by atoms with E-state index in [4.69, 9.17) is 4.74 Å². The third-order valence-electron chi connectivity index (χ3n) is 1.78. The maximum absolute atomic E-state index is 11.2. The van der Waals surface area contributed by atoms with E-state index in [1.807, 2.05) is 17.3 Å². The van der Waals surface area contributed by atoms with Crippen LogP contribution in [0, 0.1) is 0 Å². The highest BCUT2D eigenvalue weighted by molar-refractivity contribution is 7.07. The molecule has 0 amide bonds. The van der Waals surface area contributed by atoms with Crippen LogP contribution in [0.15, 0.2) is 16.8 Å². The van der Waals surface area contributed by atoms with Crippen molar-refractivity contribution in [2.75, 3.05) is 27.3 Å². The number of likely N-dealkylation sites (N-methyl/N-ethyl adjacent to an activating group) is 1. The van der Waals surface area contributed by atoms with Gasteiger partial charge in [-0.15, -0.1) is 0 Å². The average Bonchev–Trinajstić information content (AvgIpc) is 2.56. The van der Waals surface area contributed by atoms with Crippen LogP contribution in [0.4, 0.5) is 0 Å². The lowest BCUT2D eigenvalue weighted by Gasteiger charge is -2.14. The Morgan fingerprint density at radius 2 is 2.43 bits per heavy atom. The molecule has 0 atom stereocenters. The molecule has 0 saturated carbocycles. The second kappa shape index (κ2) is 5.90. The highest BCUT2D eigenvalue weighted by Gasteiger charge is 2.06. The van der Waals surface area contributed by atoms with Crippen molar-refractivity contribution in [1.82, 2.24) is 4.90 Å². The molecule has 1 aromatic heterocycles. The van der Waals surface area contributed by atoms with E-state index in [1.165, 1.54) is 12.7 Å². The Labute approximate surface area is 88.3 Å². The summed E-state index contributed by atoms with van der Waals surface area (Å²) in [6.07, 6.45) is 0. The summed E-state index contributed by atoms with van der Waals surface area (Å²) in [5, 5.41) is 4.14. The van der Waals surface area contributed by atoms with Crippen LogP contribution in [0.5, 0.6) is 0 Å². The number of nitrogens with zero attached hydrogens (tertiary/aromatic N) is 1. The standard InChI is InChI=1S/C10H15NO2S/c1-11(6-10(12)7-13-2)5-9-3-4-14-8-9/h3-4,8H,5-7H2,1-2H3. The minimum absolute atomic E-state index is 0.116. The number of carbonyl (C=O) groups excluding carboxylic acids is 1. The molecule has 1 heterocycles. The minimum Gasteiger partial charge on any atom is -0.377 e. The molecule has 1 aromatic rings. The summed E-state index contributed by atoms with van der Waals surface area (Å²) in [5.41, 5.74) is 1.25. The van der Waals surface area contributed by atoms with Gasteiger partial charge in [0.15, 0.2) is 5.78 Å². The summed E-state index contributed by atoms with van der Waals surface area (Å²) < 4.78 is 4.77. The molecule has 14 heavy (non-hydrogen) atoms. The predicted octanol–water partition coefficient (Wildman–Crippen LogP) is 1.40. The monoisotopic (exact) mass is 213 g/mol. The van der Waals surface area contributed by atoms with Gasteiger partial charge in [-0.25, -0.2) is 0 Å². The number of carbonyl (C=O) groups is 1. The molecule has 0 aromatic carbocycles. The molecule has 0 N–H and O–H groups in total. The maximum Gasteiger partial charge on any atom is 0.172 e. The van der Waals surface area contributed by atoms with Gasteiger partial charge in [-0.3, -0.25) is 9.69 Å². The van der Waals surface area contributed by atoms with Crippen molar-refractivity contribution < 1.29 is 9.53 Å². The van der Waals surface area contributed by atoms with Gasteiger partial charge in [0.25, 0.3) is 0 Å². The zero-order valence-corrected chi connectivity index (χ0v) is 9.34. The first-order valence-electron chi connectivity index (χ1n) is 4.42. The third-order valence-corrected chi connectivity index (χ3v) is 2.52. The number of thiophene rings is 1. The van der Waals surface area contributed by atoms with Crippen LogP contribution in [-0.4, -0.2) is 38.0 Å². The topological polar surface area (TPSA) is 29.5 Å². The number of hydrogen-bond donors (Lipinski definition) is 0. The smallest absolute Gasteiger partial charge is 0.172 e. The summed E-state index contributed by atoms with van der Waals surface area (Å²) in [5.74, 6) is 0.116. The van der Waals surface area contributed by atoms with E-state index in [1.54, 1.807) is 11.3 Å². The van der Waals surface area contributed by atoms with E-state index in [0.717, 1.165) is 6.54 Å². The third kappa shape index (κ3) is 4.00. The van der Waals surface area contributed by atoms with Crippen molar-refractivity contribution in [2.24, 2.45) is 0 Å². The molecule has 0 radical (unpaired) electrons. The highest BCUT2D eigenvalue weighted by atomic mass is 32.1. The van der Waals surface area contributed by atoms with Crippen molar-refractivity contribution in [3.63, 3.8) is 0 Å². The molecule has 4 heteroatoms. The number of hydrogen-bond acceptors (Lipinski definition) is 4. The van der Waals surface area contributed by atoms with Crippen molar-refractivity contribution in [3.8, 4) is 0 Å². The largest absolute Gasteiger partial charge is 0.377 e. The molecule has 0 aliphatic carbocycles. The molecule has 1 rings (SSSR count). The van der Waals surface area contributed by atoms with Gasteiger partial charge in [-0.05, 0) is 29.4 Å². The van der Waals surface area contributed by atoms with Gasteiger partial charge in [0.05, 0.1) is 6.54 Å². The van der Waals surface area contributed by atoms with E-state index >= 15 is 0 Å². The fraction of sp³-hybridized carbons (Fsp3) is 0.500. The average molecular weight is 213 g/mol. The molecule has 0 spiro atoms. The highest BCUT2D eigenvalue weighted by Crippen LogP contribution is 2.07. The first-order chi connectivity index (χ1) is 6.72. The second-order valence-electron chi connectivity index (χ2n) is 3.28. The summed E-state index contributed by atoms with van der Waals surface area (Å²) in [7, 11) is 3.47. The summed E-state index contributed by atoms with van der Waals surface area (Å²) in [6, 6.07) is 2.07. The molecule has 0 fully saturated rings. The Bertz CT molecular complexity index is 272. The van der Waals surface area contributed by atoms with Crippen LogP contribution < -0.4 is 0 Å². The zero-order valence-electron chi connectivity index (χ0n) is 8.53. The number of Topliss-reactive ketones (excluding diaryl/α,β-unsaturated/α-hetero) is 1. The number of methoxy groups -OCH3 is 1. The van der Waals surface area contributed by atoms with Crippen LogP contribution in [-0.2, 0) is 16.1 Å². The molecular weight excluding hydrogens is 198 g/mol. The quantitative estimate of drug-likeness (QED) is 0.715. The van der Waals surface area contributed by atoms with E-state index in [9.17, 15) is 4.79 Å². The fourth-order valence-electron chi connectivity index (χ4n) is 1.26. The molecule has 78 valence electrons. The van der Waals surface area contributed by atoms with Crippen LogP contribution in [0.1, 0.15) is 5.56 Å². The second-order valence-corrected chi connectivity index (χ2v) is 4.06. The van der Waals surface area contributed by atoms with Gasteiger partial charge in [0, 0.05) is 13.7 Å². The van der Waals surface area contributed by atoms with Gasteiger partial charge >= 0.3 is 0 Å². The van der Waals surface area contributed by atoms with Crippen LogP contribution in [0.3, 0.4) is 0 Å². The maximum atomic E-state index is 11.2. The summed E-state index contributed by atoms with van der Waals surface area (Å²) in [4.78, 5) is 13.2. The first-order valence-corrected chi connectivity index (χ1v) is 5.37. The molecule has 0 aliphatic rings. The predicted molar refractivity (Wildman–Crippen MR) is 57.5 cm³/mol. The fourth-order valence-corrected chi connectivity index (χ4v) is 1.92. The molecule has 3 nitrogen and oxygen atoms in total. The van der Waals surface area contributed by atoms with Crippen molar-refractivity contribution >= 4 is 17.1 Å². The Morgan fingerprint density at radius 1 is 1.64 bits per heavy atom. The zero-order chi connectivity index (χ0) is 10.4. The number of ketones is 1. The summed E-state index contributed by atoms with van der Waals surface area (Å²) >= 11 is 1.67. The van der Waals surface area contributed by atoms with Crippen LogP contribution in [0.2, 0.25) is 0 Å². The normalized spacial score (nSPS) is 10.8. The van der Waals surface area contributed by atoms with Crippen molar-refractivity contribution in [1.29, 1.82) is 0 Å². The van der Waals surface area contributed by atoms with Crippen LogP contribution in [0.25, 0.3) is 0 Å². The molecule has 0 saturated heterocycles. The summed E-state index contributed by atoms with van der Waals surface area (Å²) in [6.45, 7) is 1.47.